The molecule has 0 spiro atoms. The van der Waals surface area contributed by atoms with Crippen LogP contribution >= 0.6 is 11.8 Å². The molecule has 0 radical (unpaired) electrons. The highest BCUT2D eigenvalue weighted by atomic mass is 32.2. The summed E-state index contributed by atoms with van der Waals surface area (Å²) in [7, 11) is 0. The van der Waals surface area contributed by atoms with E-state index in [2.05, 4.69) is 10.3 Å². The molecule has 1 saturated heterocycles. The maximum Gasteiger partial charge on any atom is 0.256 e. The number of nitrogens with zero attached hydrogens (tertiary/aromatic N) is 2. The summed E-state index contributed by atoms with van der Waals surface area (Å²) >= 11 is 1.50. The Balaban J connectivity index is 1.86. The zero-order valence-corrected chi connectivity index (χ0v) is 14.9. The number of likely N-dealkylation sites (tertiary alicyclic amines) is 1. The summed E-state index contributed by atoms with van der Waals surface area (Å²) in [6, 6.07) is 3.65. The second-order valence-corrected chi connectivity index (χ2v) is 6.99. The Morgan fingerprint density at radius 2 is 2.09 bits per heavy atom. The minimum Gasteiger partial charge on any atom is -0.356 e. The number of thioether (sulfide) groups is 1. The van der Waals surface area contributed by atoms with Gasteiger partial charge in [0, 0.05) is 31.7 Å². The number of pyridine rings is 1. The third-order valence-electron chi connectivity index (χ3n) is 4.19. The van der Waals surface area contributed by atoms with Crippen LogP contribution in [0.25, 0.3) is 0 Å². The minimum atomic E-state index is 0.0206. The van der Waals surface area contributed by atoms with Gasteiger partial charge in [-0.25, -0.2) is 4.98 Å². The quantitative estimate of drug-likeness (QED) is 0.840. The van der Waals surface area contributed by atoms with Crippen LogP contribution in [0.3, 0.4) is 0 Å². The van der Waals surface area contributed by atoms with Crippen molar-refractivity contribution in [3.05, 3.63) is 23.9 Å². The number of hydrogen-bond donors (Lipinski definition) is 1. The van der Waals surface area contributed by atoms with Crippen LogP contribution in [-0.4, -0.2) is 47.6 Å². The van der Waals surface area contributed by atoms with Crippen LogP contribution in [0, 0.1) is 11.8 Å². The van der Waals surface area contributed by atoms with Gasteiger partial charge in [0.05, 0.1) is 5.56 Å². The average molecular weight is 335 g/mol. The fourth-order valence-corrected chi connectivity index (χ4v) is 3.22. The molecule has 1 fully saturated rings. The smallest absolute Gasteiger partial charge is 0.256 e. The van der Waals surface area contributed by atoms with E-state index in [1.54, 1.807) is 12.3 Å². The summed E-state index contributed by atoms with van der Waals surface area (Å²) in [4.78, 5) is 30.4. The van der Waals surface area contributed by atoms with Gasteiger partial charge in [0.25, 0.3) is 5.91 Å². The van der Waals surface area contributed by atoms with Gasteiger partial charge in [-0.3, -0.25) is 9.59 Å². The highest BCUT2D eigenvalue weighted by molar-refractivity contribution is 7.98. The highest BCUT2D eigenvalue weighted by Crippen LogP contribution is 2.22. The summed E-state index contributed by atoms with van der Waals surface area (Å²) in [6.45, 7) is 5.98. The maximum atomic E-state index is 12.6. The number of hydrogen-bond acceptors (Lipinski definition) is 4. The van der Waals surface area contributed by atoms with E-state index in [9.17, 15) is 9.59 Å². The van der Waals surface area contributed by atoms with Crippen molar-refractivity contribution in [1.29, 1.82) is 0 Å². The molecule has 126 valence electrons. The van der Waals surface area contributed by atoms with Crippen molar-refractivity contribution in [2.24, 2.45) is 11.8 Å². The van der Waals surface area contributed by atoms with Crippen molar-refractivity contribution in [1.82, 2.24) is 15.2 Å². The van der Waals surface area contributed by atoms with Gasteiger partial charge < -0.3 is 10.2 Å². The first-order valence-corrected chi connectivity index (χ1v) is 9.31. The van der Waals surface area contributed by atoms with E-state index in [4.69, 9.17) is 0 Å². The predicted molar refractivity (Wildman–Crippen MR) is 92.5 cm³/mol. The van der Waals surface area contributed by atoms with Crippen molar-refractivity contribution < 1.29 is 9.59 Å². The van der Waals surface area contributed by atoms with Crippen LogP contribution in [0.15, 0.2) is 23.4 Å². The molecule has 6 heteroatoms. The Morgan fingerprint density at radius 3 is 2.70 bits per heavy atom. The zero-order chi connectivity index (χ0) is 16.8. The van der Waals surface area contributed by atoms with E-state index in [-0.39, 0.29) is 17.7 Å². The Labute approximate surface area is 142 Å². The second-order valence-electron chi connectivity index (χ2n) is 6.20. The van der Waals surface area contributed by atoms with Crippen molar-refractivity contribution >= 4 is 23.6 Å². The third-order valence-corrected chi connectivity index (χ3v) is 4.90. The van der Waals surface area contributed by atoms with Crippen LogP contribution in [-0.2, 0) is 4.79 Å². The number of amides is 2. The molecule has 2 amide bonds. The number of rotatable bonds is 5. The molecule has 2 rings (SSSR count). The topological polar surface area (TPSA) is 62.3 Å². The minimum absolute atomic E-state index is 0.0206. The maximum absolute atomic E-state index is 12.6. The van der Waals surface area contributed by atoms with E-state index < -0.39 is 0 Å². The molecule has 0 unspecified atom stereocenters. The lowest BCUT2D eigenvalue weighted by molar-refractivity contribution is -0.124. The Hall–Kier alpha value is -1.56. The van der Waals surface area contributed by atoms with Gasteiger partial charge in [-0.2, -0.15) is 0 Å². The van der Waals surface area contributed by atoms with E-state index in [0.29, 0.717) is 18.0 Å². The first-order valence-electron chi connectivity index (χ1n) is 8.09. The summed E-state index contributed by atoms with van der Waals surface area (Å²) in [6.07, 6.45) is 5.51. The normalized spacial score (nSPS) is 15.7. The largest absolute Gasteiger partial charge is 0.356 e. The summed E-state index contributed by atoms with van der Waals surface area (Å²) in [5.41, 5.74) is 0.687. The molecule has 1 aliphatic rings. The van der Waals surface area contributed by atoms with Crippen molar-refractivity contribution in [2.45, 2.75) is 31.7 Å². The Kier molecular flexibility index (Phi) is 6.45. The fraction of sp³-hybridized carbons (Fsp3) is 0.588. The van der Waals surface area contributed by atoms with Crippen LogP contribution in [0.5, 0.6) is 0 Å². The molecule has 23 heavy (non-hydrogen) atoms. The van der Waals surface area contributed by atoms with Gasteiger partial charge in [0.2, 0.25) is 5.91 Å². The fourth-order valence-electron chi connectivity index (χ4n) is 2.68. The summed E-state index contributed by atoms with van der Waals surface area (Å²) in [5.74, 6) is 0.637. The standard InChI is InChI=1S/C17H25N3O2S/c1-12(2)15(21)19-11-13-6-9-20(10-7-13)17(22)14-5-4-8-18-16(14)23-3/h4-5,8,12-13H,6-7,9-11H2,1-3H3,(H,19,21). The van der Waals surface area contributed by atoms with E-state index in [1.807, 2.05) is 31.1 Å². The molecule has 0 atom stereocenters. The molecular formula is C17H25N3O2S. The summed E-state index contributed by atoms with van der Waals surface area (Å²) < 4.78 is 0. The molecule has 5 nitrogen and oxygen atoms in total. The number of carbonyl (C=O) groups is 2. The van der Waals surface area contributed by atoms with Crippen LogP contribution < -0.4 is 5.32 Å². The monoisotopic (exact) mass is 335 g/mol. The van der Waals surface area contributed by atoms with Crippen LogP contribution in [0.2, 0.25) is 0 Å². The molecule has 0 aromatic carbocycles. The van der Waals surface area contributed by atoms with Crippen LogP contribution in [0.1, 0.15) is 37.0 Å². The van der Waals surface area contributed by atoms with Gasteiger partial charge in [-0.05, 0) is 37.1 Å². The molecule has 2 heterocycles. The number of nitrogens with one attached hydrogen (secondary N) is 1. The van der Waals surface area contributed by atoms with Gasteiger partial charge in [-0.1, -0.05) is 13.8 Å². The van der Waals surface area contributed by atoms with Crippen molar-refractivity contribution in [2.75, 3.05) is 25.9 Å². The molecule has 0 bridgehead atoms. The van der Waals surface area contributed by atoms with Crippen LogP contribution in [0.4, 0.5) is 0 Å². The predicted octanol–water partition coefficient (Wildman–Crippen LogP) is 2.43. The first-order chi connectivity index (χ1) is 11.0. The highest BCUT2D eigenvalue weighted by Gasteiger charge is 2.25. The number of aromatic nitrogens is 1. The average Bonchev–Trinajstić information content (AvgIpc) is 2.59. The van der Waals surface area contributed by atoms with E-state index in [1.165, 1.54) is 11.8 Å². The Morgan fingerprint density at radius 1 is 1.39 bits per heavy atom. The molecule has 1 aliphatic heterocycles. The lowest BCUT2D eigenvalue weighted by atomic mass is 9.96. The van der Waals surface area contributed by atoms with E-state index >= 15 is 0 Å². The second kappa shape index (κ2) is 8.34. The molecule has 1 aromatic rings. The zero-order valence-electron chi connectivity index (χ0n) is 14.0. The van der Waals surface area contributed by atoms with Gasteiger partial charge in [0.15, 0.2) is 0 Å². The summed E-state index contributed by atoms with van der Waals surface area (Å²) in [5, 5.41) is 3.77. The molecule has 0 aliphatic carbocycles. The first kappa shape index (κ1) is 17.8. The number of piperidine rings is 1. The van der Waals surface area contributed by atoms with E-state index in [0.717, 1.165) is 31.0 Å². The lowest BCUT2D eigenvalue weighted by Gasteiger charge is -2.32. The SMILES string of the molecule is CSc1ncccc1C(=O)N1CCC(CNC(=O)C(C)C)CC1. The Bertz CT molecular complexity index is 555. The lowest BCUT2D eigenvalue weighted by Crippen LogP contribution is -2.42. The van der Waals surface area contributed by atoms with Crippen molar-refractivity contribution in [3.63, 3.8) is 0 Å². The molecule has 1 N–H and O–H groups in total. The third kappa shape index (κ3) is 4.70. The van der Waals surface area contributed by atoms with Gasteiger partial charge in [0.1, 0.15) is 5.03 Å². The molecule has 0 saturated carbocycles. The molecular weight excluding hydrogens is 310 g/mol. The van der Waals surface area contributed by atoms with Gasteiger partial charge >= 0.3 is 0 Å². The number of carbonyl (C=O) groups excluding carboxylic acids is 2. The molecule has 1 aromatic heterocycles. The van der Waals surface area contributed by atoms with Crippen molar-refractivity contribution in [3.8, 4) is 0 Å². The van der Waals surface area contributed by atoms with Gasteiger partial charge in [-0.15, -0.1) is 11.8 Å².